The van der Waals surface area contributed by atoms with Crippen LogP contribution in [0.1, 0.15) is 5.56 Å². The van der Waals surface area contributed by atoms with E-state index in [1.807, 2.05) is 42.5 Å². The van der Waals surface area contributed by atoms with E-state index in [0.29, 0.717) is 0 Å². The molecule has 0 amide bonds. The van der Waals surface area contributed by atoms with Crippen molar-refractivity contribution in [2.75, 3.05) is 7.11 Å². The van der Waals surface area contributed by atoms with E-state index >= 15 is 0 Å². The Morgan fingerprint density at radius 3 is 2.44 bits per heavy atom. The fraction of sp³-hybridized carbons (Fsp3) is 0.0625. The molecule has 90 valence electrons. The summed E-state index contributed by atoms with van der Waals surface area (Å²) in [4.78, 5) is 11.0. The van der Waals surface area contributed by atoms with Gasteiger partial charge in [-0.2, -0.15) is 0 Å². The highest BCUT2D eigenvalue weighted by atomic mass is 16.5. The minimum absolute atomic E-state index is 0.347. The van der Waals surface area contributed by atoms with Gasteiger partial charge in [0.2, 0.25) is 0 Å². The molecule has 0 aliphatic rings. The van der Waals surface area contributed by atoms with Gasteiger partial charge in [-0.05, 0) is 28.8 Å². The van der Waals surface area contributed by atoms with Gasteiger partial charge in [0.25, 0.3) is 0 Å². The van der Waals surface area contributed by atoms with Gasteiger partial charge < -0.3 is 4.74 Å². The monoisotopic (exact) mass is 238 g/mol. The van der Waals surface area contributed by atoms with E-state index in [1.54, 1.807) is 6.08 Å². The lowest BCUT2D eigenvalue weighted by Gasteiger charge is -2.02. The molecule has 0 N–H and O–H groups in total. The van der Waals surface area contributed by atoms with Gasteiger partial charge in [0.05, 0.1) is 7.11 Å². The molecule has 18 heavy (non-hydrogen) atoms. The number of hydrogen-bond donors (Lipinski definition) is 0. The smallest absolute Gasteiger partial charge is 0.330 e. The van der Waals surface area contributed by atoms with Gasteiger partial charge in [0.1, 0.15) is 0 Å². The summed E-state index contributed by atoms with van der Waals surface area (Å²) in [5, 5.41) is 0. The van der Waals surface area contributed by atoms with Crippen molar-refractivity contribution in [3.8, 4) is 11.1 Å². The molecule has 2 rings (SSSR count). The standard InChI is InChI=1S/C16H14O2/c1-18-16(17)11-10-13-6-5-9-15(12-13)14-7-3-2-4-8-14/h2-12H,1H3/b11-10+. The Morgan fingerprint density at radius 2 is 1.72 bits per heavy atom. The number of methoxy groups -OCH3 is 1. The highest BCUT2D eigenvalue weighted by molar-refractivity contribution is 5.87. The minimum atomic E-state index is -0.347. The molecule has 2 heteroatoms. The first-order valence-electron chi connectivity index (χ1n) is 5.71. The third-order valence-electron chi connectivity index (χ3n) is 2.61. The first-order valence-corrected chi connectivity index (χ1v) is 5.71. The summed E-state index contributed by atoms with van der Waals surface area (Å²) in [6.07, 6.45) is 3.17. The number of hydrogen-bond acceptors (Lipinski definition) is 2. The molecule has 0 radical (unpaired) electrons. The number of carbonyl (C=O) groups excluding carboxylic acids is 1. The lowest BCUT2D eigenvalue weighted by Crippen LogP contribution is -1.93. The van der Waals surface area contributed by atoms with Gasteiger partial charge >= 0.3 is 5.97 Å². The third kappa shape index (κ3) is 3.08. The molecule has 0 aromatic heterocycles. The predicted octanol–water partition coefficient (Wildman–Crippen LogP) is 3.54. The van der Waals surface area contributed by atoms with Crippen LogP contribution in [0.4, 0.5) is 0 Å². The molecule has 2 nitrogen and oxygen atoms in total. The molecule has 0 bridgehead atoms. The minimum Gasteiger partial charge on any atom is -0.466 e. The number of ether oxygens (including phenoxy) is 1. The maximum absolute atomic E-state index is 11.0. The average Bonchev–Trinajstić information content (AvgIpc) is 2.46. The average molecular weight is 238 g/mol. The Balaban J connectivity index is 2.26. The summed E-state index contributed by atoms with van der Waals surface area (Å²) >= 11 is 0. The van der Waals surface area contributed by atoms with Crippen LogP contribution in [0, 0.1) is 0 Å². The Kier molecular flexibility index (Phi) is 3.92. The molecule has 0 aliphatic carbocycles. The van der Waals surface area contributed by atoms with E-state index in [2.05, 4.69) is 16.9 Å². The molecule has 0 unspecified atom stereocenters. The van der Waals surface area contributed by atoms with E-state index in [0.717, 1.165) is 16.7 Å². The first-order chi connectivity index (χ1) is 8.79. The summed E-state index contributed by atoms with van der Waals surface area (Å²) < 4.78 is 4.56. The summed E-state index contributed by atoms with van der Waals surface area (Å²) in [6, 6.07) is 18.1. The topological polar surface area (TPSA) is 26.3 Å². The largest absolute Gasteiger partial charge is 0.466 e. The summed E-state index contributed by atoms with van der Waals surface area (Å²) in [5.74, 6) is -0.347. The van der Waals surface area contributed by atoms with Gasteiger partial charge in [-0.25, -0.2) is 4.79 Å². The third-order valence-corrected chi connectivity index (χ3v) is 2.61. The quantitative estimate of drug-likeness (QED) is 0.604. The lowest BCUT2D eigenvalue weighted by molar-refractivity contribution is -0.134. The van der Waals surface area contributed by atoms with E-state index < -0.39 is 0 Å². The van der Waals surface area contributed by atoms with Crippen LogP contribution in [-0.2, 0) is 9.53 Å². The molecule has 0 atom stereocenters. The molecule has 2 aromatic rings. The van der Waals surface area contributed by atoms with Crippen molar-refractivity contribution < 1.29 is 9.53 Å². The fourth-order valence-corrected chi connectivity index (χ4v) is 1.68. The summed E-state index contributed by atoms with van der Waals surface area (Å²) in [7, 11) is 1.37. The van der Waals surface area contributed by atoms with Crippen molar-refractivity contribution >= 4 is 12.0 Å². The van der Waals surface area contributed by atoms with Crippen molar-refractivity contribution in [3.05, 3.63) is 66.2 Å². The van der Waals surface area contributed by atoms with Crippen molar-refractivity contribution in [1.82, 2.24) is 0 Å². The van der Waals surface area contributed by atoms with Crippen molar-refractivity contribution in [2.45, 2.75) is 0 Å². The van der Waals surface area contributed by atoms with Crippen LogP contribution >= 0.6 is 0 Å². The van der Waals surface area contributed by atoms with Crippen LogP contribution in [0.15, 0.2) is 60.7 Å². The molecular formula is C16H14O2. The second-order valence-corrected chi connectivity index (χ2v) is 3.85. The van der Waals surface area contributed by atoms with Gasteiger partial charge in [-0.3, -0.25) is 0 Å². The summed E-state index contributed by atoms with van der Waals surface area (Å²) in [6.45, 7) is 0. The van der Waals surface area contributed by atoms with Gasteiger partial charge in [0, 0.05) is 6.08 Å². The van der Waals surface area contributed by atoms with Crippen LogP contribution in [0.25, 0.3) is 17.2 Å². The van der Waals surface area contributed by atoms with Crippen molar-refractivity contribution in [1.29, 1.82) is 0 Å². The van der Waals surface area contributed by atoms with Crippen LogP contribution in [0.5, 0.6) is 0 Å². The molecule has 2 aromatic carbocycles. The molecule has 0 aliphatic heterocycles. The number of carbonyl (C=O) groups is 1. The second kappa shape index (κ2) is 5.82. The molecule has 0 saturated heterocycles. The number of esters is 1. The zero-order valence-electron chi connectivity index (χ0n) is 10.2. The maximum atomic E-state index is 11.0. The van der Waals surface area contributed by atoms with E-state index in [1.165, 1.54) is 13.2 Å². The van der Waals surface area contributed by atoms with E-state index in [9.17, 15) is 4.79 Å². The van der Waals surface area contributed by atoms with Crippen LogP contribution in [0.3, 0.4) is 0 Å². The van der Waals surface area contributed by atoms with Gasteiger partial charge in [0.15, 0.2) is 0 Å². The Morgan fingerprint density at radius 1 is 1.00 bits per heavy atom. The molecule has 0 fully saturated rings. The number of rotatable bonds is 3. The van der Waals surface area contributed by atoms with E-state index in [-0.39, 0.29) is 5.97 Å². The maximum Gasteiger partial charge on any atom is 0.330 e. The van der Waals surface area contributed by atoms with Crippen LogP contribution < -0.4 is 0 Å². The normalized spacial score (nSPS) is 10.5. The van der Waals surface area contributed by atoms with Gasteiger partial charge in [-0.15, -0.1) is 0 Å². The summed E-state index contributed by atoms with van der Waals surface area (Å²) in [5.41, 5.74) is 3.26. The van der Waals surface area contributed by atoms with Gasteiger partial charge in [-0.1, -0.05) is 48.5 Å². The first kappa shape index (κ1) is 12.1. The lowest BCUT2D eigenvalue weighted by atomic mass is 10.0. The SMILES string of the molecule is COC(=O)/C=C/c1cccc(-c2ccccc2)c1. The van der Waals surface area contributed by atoms with E-state index in [4.69, 9.17) is 0 Å². The Hall–Kier alpha value is -2.35. The highest BCUT2D eigenvalue weighted by Gasteiger charge is 1.97. The van der Waals surface area contributed by atoms with Crippen LogP contribution in [-0.4, -0.2) is 13.1 Å². The number of benzene rings is 2. The van der Waals surface area contributed by atoms with Crippen LogP contribution in [0.2, 0.25) is 0 Å². The second-order valence-electron chi connectivity index (χ2n) is 3.85. The molecular weight excluding hydrogens is 224 g/mol. The molecule has 0 saturated carbocycles. The zero-order valence-corrected chi connectivity index (χ0v) is 10.2. The molecule has 0 spiro atoms. The zero-order chi connectivity index (χ0) is 12.8. The Bertz CT molecular complexity index is 556. The molecule has 0 heterocycles. The highest BCUT2D eigenvalue weighted by Crippen LogP contribution is 2.20. The Labute approximate surface area is 107 Å². The van der Waals surface area contributed by atoms with Crippen molar-refractivity contribution in [2.24, 2.45) is 0 Å². The predicted molar refractivity (Wildman–Crippen MR) is 72.9 cm³/mol. The fourth-order valence-electron chi connectivity index (χ4n) is 1.68. The van der Waals surface area contributed by atoms with Crippen molar-refractivity contribution in [3.63, 3.8) is 0 Å².